The minimum absolute atomic E-state index is 0.136. The monoisotopic (exact) mass is 374 g/mol. The van der Waals surface area contributed by atoms with Crippen molar-refractivity contribution < 1.29 is 38.2 Å². The number of ether oxygens (including phenoxy) is 2. The van der Waals surface area contributed by atoms with E-state index in [2.05, 4.69) is 30.7 Å². The minimum Gasteiger partial charge on any atom is -0.465 e. The van der Waals surface area contributed by atoms with E-state index in [4.69, 9.17) is 0 Å². The maximum Gasteiger partial charge on any atom is 0.325 e. The predicted molar refractivity (Wildman–Crippen MR) is 85.3 cm³/mol. The Bertz CT molecular complexity index is 501. The van der Waals surface area contributed by atoms with Gasteiger partial charge >= 0.3 is 35.6 Å². The van der Waals surface area contributed by atoms with E-state index in [1.165, 1.54) is 0 Å². The van der Waals surface area contributed by atoms with Crippen LogP contribution >= 0.6 is 0 Å². The number of nitrogens with one attached hydrogen (secondary N) is 4. The van der Waals surface area contributed by atoms with E-state index in [-0.39, 0.29) is 26.3 Å². The van der Waals surface area contributed by atoms with Gasteiger partial charge in [0.15, 0.2) is 0 Å². The number of carbonyl (C=O) groups is 6. The predicted octanol–water partition coefficient (Wildman–Crippen LogP) is -3.42. The molecule has 0 aromatic heterocycles. The zero-order valence-corrected chi connectivity index (χ0v) is 14.5. The third-order valence-electron chi connectivity index (χ3n) is 2.51. The lowest BCUT2D eigenvalue weighted by Gasteiger charge is -2.08. The van der Waals surface area contributed by atoms with Gasteiger partial charge in [0, 0.05) is 13.1 Å². The van der Waals surface area contributed by atoms with Crippen LogP contribution in [0.3, 0.4) is 0 Å². The zero-order valence-electron chi connectivity index (χ0n) is 14.5. The van der Waals surface area contributed by atoms with Crippen LogP contribution in [0.5, 0.6) is 0 Å². The molecule has 146 valence electrons. The molecule has 4 N–H and O–H groups in total. The summed E-state index contributed by atoms with van der Waals surface area (Å²) < 4.78 is 9.14. The number of hydrogen-bond donors (Lipinski definition) is 4. The minimum atomic E-state index is -1.04. The van der Waals surface area contributed by atoms with Gasteiger partial charge < -0.3 is 30.7 Å². The molecule has 4 amide bonds. The van der Waals surface area contributed by atoms with Crippen LogP contribution in [-0.4, -0.2) is 75.0 Å². The summed E-state index contributed by atoms with van der Waals surface area (Å²) >= 11 is 0. The second kappa shape index (κ2) is 13.1. The average molecular weight is 374 g/mol. The number of esters is 2. The van der Waals surface area contributed by atoms with E-state index in [9.17, 15) is 28.8 Å². The summed E-state index contributed by atoms with van der Waals surface area (Å²) in [6, 6.07) is 0. The maximum absolute atomic E-state index is 11.4. The van der Waals surface area contributed by atoms with Crippen molar-refractivity contribution in [3.63, 3.8) is 0 Å². The zero-order chi connectivity index (χ0) is 19.9. The summed E-state index contributed by atoms with van der Waals surface area (Å²) in [6.45, 7) is 2.32. The van der Waals surface area contributed by atoms with Crippen molar-refractivity contribution in [1.82, 2.24) is 21.3 Å². The fourth-order valence-electron chi connectivity index (χ4n) is 1.40. The summed E-state index contributed by atoms with van der Waals surface area (Å²) in [7, 11) is 0. The fraction of sp³-hybridized carbons (Fsp3) is 0.571. The Morgan fingerprint density at radius 1 is 0.577 bits per heavy atom. The largest absolute Gasteiger partial charge is 0.465 e. The lowest BCUT2D eigenvalue weighted by Crippen LogP contribution is -2.46. The fourth-order valence-corrected chi connectivity index (χ4v) is 1.40. The second-order valence-corrected chi connectivity index (χ2v) is 4.49. The van der Waals surface area contributed by atoms with Crippen molar-refractivity contribution in [1.29, 1.82) is 0 Å². The molecule has 26 heavy (non-hydrogen) atoms. The topological polar surface area (TPSA) is 169 Å². The van der Waals surface area contributed by atoms with Gasteiger partial charge in [0.05, 0.1) is 13.2 Å². The molecule has 0 fully saturated rings. The van der Waals surface area contributed by atoms with Gasteiger partial charge in [-0.25, -0.2) is 0 Å². The van der Waals surface area contributed by atoms with E-state index < -0.39 is 48.7 Å². The molecule has 0 saturated carbocycles. The van der Waals surface area contributed by atoms with Crippen LogP contribution in [0.4, 0.5) is 0 Å². The highest BCUT2D eigenvalue weighted by atomic mass is 16.5. The molecule has 0 rings (SSSR count). The Kier molecular flexibility index (Phi) is 11.5. The quantitative estimate of drug-likeness (QED) is 0.184. The van der Waals surface area contributed by atoms with Gasteiger partial charge in [-0.05, 0) is 13.8 Å². The van der Waals surface area contributed by atoms with Crippen LogP contribution < -0.4 is 21.3 Å². The maximum atomic E-state index is 11.4. The first kappa shape index (κ1) is 22.8. The van der Waals surface area contributed by atoms with Crippen molar-refractivity contribution in [2.45, 2.75) is 13.8 Å². The Balaban J connectivity index is 3.92. The van der Waals surface area contributed by atoms with Crippen LogP contribution in [0.2, 0.25) is 0 Å². The summed E-state index contributed by atoms with van der Waals surface area (Å²) in [4.78, 5) is 67.6. The molecule has 0 radical (unpaired) electrons. The summed E-state index contributed by atoms with van der Waals surface area (Å²) in [5.41, 5.74) is 0. The SMILES string of the molecule is CCOC(=O)CNC(=O)C(=O)NCCNC(=O)C(=O)NCC(=O)OCC. The third-order valence-corrected chi connectivity index (χ3v) is 2.51. The molecule has 0 aromatic carbocycles. The highest BCUT2D eigenvalue weighted by Crippen LogP contribution is 1.78. The molecular weight excluding hydrogens is 352 g/mol. The first-order valence-electron chi connectivity index (χ1n) is 7.75. The molecule has 0 aliphatic rings. The number of rotatable bonds is 9. The van der Waals surface area contributed by atoms with Gasteiger partial charge in [-0.15, -0.1) is 0 Å². The van der Waals surface area contributed by atoms with Crippen LogP contribution in [-0.2, 0) is 38.2 Å². The lowest BCUT2D eigenvalue weighted by atomic mass is 10.4. The molecule has 0 aromatic rings. The van der Waals surface area contributed by atoms with Crippen molar-refractivity contribution >= 4 is 35.6 Å². The molecule has 0 atom stereocenters. The van der Waals surface area contributed by atoms with Gasteiger partial charge in [0.2, 0.25) is 0 Å². The number of hydrogen-bond acceptors (Lipinski definition) is 8. The van der Waals surface area contributed by atoms with Gasteiger partial charge in [-0.1, -0.05) is 0 Å². The average Bonchev–Trinajstić information content (AvgIpc) is 2.61. The number of amides is 4. The molecule has 0 aliphatic carbocycles. The molecule has 0 heterocycles. The highest BCUT2D eigenvalue weighted by Gasteiger charge is 2.16. The molecule has 0 bridgehead atoms. The Labute approximate surface area is 149 Å². The van der Waals surface area contributed by atoms with Crippen molar-refractivity contribution in [3.05, 3.63) is 0 Å². The number of carbonyl (C=O) groups excluding carboxylic acids is 6. The normalized spacial score (nSPS) is 9.46. The highest BCUT2D eigenvalue weighted by molar-refractivity contribution is 6.36. The van der Waals surface area contributed by atoms with Crippen LogP contribution in [0.25, 0.3) is 0 Å². The smallest absolute Gasteiger partial charge is 0.325 e. The third kappa shape index (κ3) is 10.6. The van der Waals surface area contributed by atoms with E-state index in [0.717, 1.165) is 0 Å². The van der Waals surface area contributed by atoms with Gasteiger partial charge in [0.25, 0.3) is 0 Å². The molecule has 12 nitrogen and oxygen atoms in total. The van der Waals surface area contributed by atoms with Crippen molar-refractivity contribution in [2.75, 3.05) is 39.4 Å². The Hall–Kier alpha value is -3.18. The summed E-state index contributed by atoms with van der Waals surface area (Å²) in [5.74, 6) is -5.50. The van der Waals surface area contributed by atoms with E-state index in [0.29, 0.717) is 0 Å². The first-order chi connectivity index (χ1) is 12.3. The summed E-state index contributed by atoms with van der Waals surface area (Å²) in [6.07, 6.45) is 0. The van der Waals surface area contributed by atoms with Crippen molar-refractivity contribution in [3.8, 4) is 0 Å². The van der Waals surface area contributed by atoms with Gasteiger partial charge in [0.1, 0.15) is 13.1 Å². The molecule has 0 unspecified atom stereocenters. The van der Waals surface area contributed by atoms with Crippen LogP contribution in [0, 0.1) is 0 Å². The summed E-state index contributed by atoms with van der Waals surface area (Å²) in [5, 5.41) is 8.46. The Morgan fingerprint density at radius 3 is 1.19 bits per heavy atom. The van der Waals surface area contributed by atoms with E-state index >= 15 is 0 Å². The van der Waals surface area contributed by atoms with Crippen LogP contribution in [0.1, 0.15) is 13.8 Å². The van der Waals surface area contributed by atoms with Gasteiger partial charge in [-0.3, -0.25) is 28.8 Å². The molecular formula is C14H22N4O8. The van der Waals surface area contributed by atoms with Crippen LogP contribution in [0.15, 0.2) is 0 Å². The van der Waals surface area contributed by atoms with Gasteiger partial charge in [-0.2, -0.15) is 0 Å². The standard InChI is InChI=1S/C14H22N4O8/c1-3-25-9(19)7-17-13(23)11(21)15-5-6-16-12(22)14(24)18-8-10(20)26-4-2/h3-8H2,1-2H3,(H,15,21)(H,16,22)(H,17,23)(H,18,24). The molecule has 0 spiro atoms. The molecule has 0 aliphatic heterocycles. The van der Waals surface area contributed by atoms with E-state index in [1.807, 2.05) is 0 Å². The lowest BCUT2D eigenvalue weighted by molar-refractivity contribution is -0.145. The van der Waals surface area contributed by atoms with E-state index in [1.54, 1.807) is 13.8 Å². The van der Waals surface area contributed by atoms with Crippen molar-refractivity contribution in [2.24, 2.45) is 0 Å². The second-order valence-electron chi connectivity index (χ2n) is 4.49. The Morgan fingerprint density at radius 2 is 0.885 bits per heavy atom. The first-order valence-corrected chi connectivity index (χ1v) is 7.75. The molecule has 0 saturated heterocycles. The molecule has 12 heteroatoms.